The van der Waals surface area contributed by atoms with Crippen LogP contribution in [0.25, 0.3) is 0 Å². The molecule has 3 nitrogen and oxygen atoms in total. The van der Waals surface area contributed by atoms with Gasteiger partial charge in [0.1, 0.15) is 11.6 Å². The van der Waals surface area contributed by atoms with E-state index in [0.717, 1.165) is 24.1 Å². The lowest BCUT2D eigenvalue weighted by Gasteiger charge is -2.13. The van der Waals surface area contributed by atoms with Crippen molar-refractivity contribution < 1.29 is 0 Å². The largest absolute Gasteiger partial charge is 0.370 e. The van der Waals surface area contributed by atoms with Crippen molar-refractivity contribution in [3.05, 3.63) is 18.1 Å². The molecule has 14 heavy (non-hydrogen) atoms. The Bertz CT molecular complexity index is 269. The Kier molecular flexibility index (Phi) is 4.36. The minimum Gasteiger partial charge on any atom is -0.370 e. The van der Waals surface area contributed by atoms with E-state index in [4.69, 9.17) is 0 Å². The average Bonchev–Trinajstić information content (AvgIpc) is 2.19. The highest BCUT2D eigenvalue weighted by atomic mass is 15.0. The zero-order chi connectivity index (χ0) is 10.4. The lowest BCUT2D eigenvalue weighted by atomic mass is 10.0. The van der Waals surface area contributed by atoms with E-state index in [1.54, 1.807) is 6.20 Å². The summed E-state index contributed by atoms with van der Waals surface area (Å²) in [6, 6.07) is 1.91. The Morgan fingerprint density at radius 2 is 2.07 bits per heavy atom. The monoisotopic (exact) mass is 193 g/mol. The third kappa shape index (κ3) is 3.32. The van der Waals surface area contributed by atoms with E-state index in [1.807, 2.05) is 13.0 Å². The predicted molar refractivity (Wildman–Crippen MR) is 59.3 cm³/mol. The molecule has 0 saturated carbocycles. The second-order valence-electron chi connectivity index (χ2n) is 3.55. The van der Waals surface area contributed by atoms with Gasteiger partial charge in [0.2, 0.25) is 0 Å². The smallest absolute Gasteiger partial charge is 0.129 e. The summed E-state index contributed by atoms with van der Waals surface area (Å²) >= 11 is 0. The molecule has 1 rings (SSSR count). The van der Waals surface area contributed by atoms with Gasteiger partial charge in [-0.3, -0.25) is 0 Å². The van der Waals surface area contributed by atoms with Gasteiger partial charge < -0.3 is 5.32 Å². The summed E-state index contributed by atoms with van der Waals surface area (Å²) in [4.78, 5) is 8.35. The minimum atomic E-state index is 0.741. The molecular formula is C11H19N3. The highest BCUT2D eigenvalue weighted by Crippen LogP contribution is 2.09. The Labute approximate surface area is 86.0 Å². The van der Waals surface area contributed by atoms with Gasteiger partial charge in [0, 0.05) is 12.7 Å². The summed E-state index contributed by atoms with van der Waals surface area (Å²) in [5.41, 5.74) is 0. The molecule has 1 aromatic rings. The molecule has 0 bridgehead atoms. The molecule has 1 aromatic heterocycles. The van der Waals surface area contributed by atoms with Crippen LogP contribution in [0.5, 0.6) is 0 Å². The van der Waals surface area contributed by atoms with Gasteiger partial charge >= 0.3 is 0 Å². The predicted octanol–water partition coefficient (Wildman–Crippen LogP) is 2.63. The molecule has 0 aliphatic rings. The summed E-state index contributed by atoms with van der Waals surface area (Å²) in [6.45, 7) is 7.36. The molecule has 0 saturated heterocycles. The van der Waals surface area contributed by atoms with Gasteiger partial charge in [0.05, 0.1) is 0 Å². The van der Waals surface area contributed by atoms with Crippen LogP contribution in [0.3, 0.4) is 0 Å². The van der Waals surface area contributed by atoms with Gasteiger partial charge in [-0.05, 0) is 18.9 Å². The van der Waals surface area contributed by atoms with Crippen LogP contribution in [0.15, 0.2) is 12.3 Å². The van der Waals surface area contributed by atoms with E-state index >= 15 is 0 Å². The van der Waals surface area contributed by atoms with Crippen LogP contribution in [0, 0.1) is 12.8 Å². The Morgan fingerprint density at radius 1 is 1.36 bits per heavy atom. The fourth-order valence-corrected chi connectivity index (χ4v) is 1.38. The number of hydrogen-bond donors (Lipinski definition) is 1. The van der Waals surface area contributed by atoms with Crippen LogP contribution >= 0.6 is 0 Å². The summed E-state index contributed by atoms with van der Waals surface area (Å²) in [6.07, 6.45) is 4.22. The average molecular weight is 193 g/mol. The van der Waals surface area contributed by atoms with Gasteiger partial charge in [-0.1, -0.05) is 26.7 Å². The first-order valence-corrected chi connectivity index (χ1v) is 5.29. The van der Waals surface area contributed by atoms with Crippen molar-refractivity contribution in [3.8, 4) is 0 Å². The molecule has 0 aromatic carbocycles. The molecular weight excluding hydrogens is 174 g/mol. The number of rotatable bonds is 5. The highest BCUT2D eigenvalue weighted by molar-refractivity contribution is 5.32. The fraction of sp³-hybridized carbons (Fsp3) is 0.636. The summed E-state index contributed by atoms with van der Waals surface area (Å²) in [5, 5.41) is 3.34. The molecule has 0 aliphatic heterocycles. The van der Waals surface area contributed by atoms with Crippen LogP contribution in [0.4, 0.5) is 5.82 Å². The van der Waals surface area contributed by atoms with Gasteiger partial charge in [-0.15, -0.1) is 0 Å². The van der Waals surface area contributed by atoms with E-state index in [1.165, 1.54) is 12.8 Å². The van der Waals surface area contributed by atoms with Gasteiger partial charge in [-0.2, -0.15) is 0 Å². The standard InChI is InChI=1S/C11H19N3/c1-4-10(5-2)8-13-11-6-7-12-9(3)14-11/h6-7,10H,4-5,8H2,1-3H3,(H,12,13,14). The van der Waals surface area contributed by atoms with Crippen LogP contribution in [0.1, 0.15) is 32.5 Å². The first-order valence-electron chi connectivity index (χ1n) is 5.29. The maximum Gasteiger partial charge on any atom is 0.129 e. The lowest BCUT2D eigenvalue weighted by molar-refractivity contribution is 0.518. The first kappa shape index (κ1) is 11.0. The second-order valence-corrected chi connectivity index (χ2v) is 3.55. The third-order valence-corrected chi connectivity index (χ3v) is 2.50. The van der Waals surface area contributed by atoms with Crippen LogP contribution in [-0.4, -0.2) is 16.5 Å². The molecule has 78 valence electrons. The Morgan fingerprint density at radius 3 is 2.64 bits per heavy atom. The molecule has 0 spiro atoms. The van der Waals surface area contributed by atoms with Crippen molar-refractivity contribution in [1.29, 1.82) is 0 Å². The number of hydrogen-bond acceptors (Lipinski definition) is 3. The van der Waals surface area contributed by atoms with Crippen molar-refractivity contribution in [2.45, 2.75) is 33.6 Å². The van der Waals surface area contributed by atoms with E-state index in [9.17, 15) is 0 Å². The van der Waals surface area contributed by atoms with Crippen molar-refractivity contribution in [2.24, 2.45) is 5.92 Å². The first-order chi connectivity index (χ1) is 6.76. The molecule has 0 amide bonds. The minimum absolute atomic E-state index is 0.741. The summed E-state index contributed by atoms with van der Waals surface area (Å²) in [7, 11) is 0. The maximum atomic E-state index is 4.29. The molecule has 0 aliphatic carbocycles. The molecule has 0 atom stereocenters. The van der Waals surface area contributed by atoms with Crippen molar-refractivity contribution >= 4 is 5.82 Å². The van der Waals surface area contributed by atoms with Gasteiger partial charge in [-0.25, -0.2) is 9.97 Å². The van der Waals surface area contributed by atoms with Crippen molar-refractivity contribution in [3.63, 3.8) is 0 Å². The molecule has 3 heteroatoms. The topological polar surface area (TPSA) is 37.8 Å². The number of aryl methyl sites for hydroxylation is 1. The lowest BCUT2D eigenvalue weighted by Crippen LogP contribution is -2.13. The van der Waals surface area contributed by atoms with E-state index in [-0.39, 0.29) is 0 Å². The molecule has 0 unspecified atom stereocenters. The summed E-state index contributed by atoms with van der Waals surface area (Å²) < 4.78 is 0. The number of nitrogens with zero attached hydrogens (tertiary/aromatic N) is 2. The van der Waals surface area contributed by atoms with E-state index < -0.39 is 0 Å². The number of aromatic nitrogens is 2. The second kappa shape index (κ2) is 5.58. The van der Waals surface area contributed by atoms with Crippen molar-refractivity contribution in [2.75, 3.05) is 11.9 Å². The van der Waals surface area contributed by atoms with Crippen LogP contribution in [-0.2, 0) is 0 Å². The third-order valence-electron chi connectivity index (χ3n) is 2.50. The number of anilines is 1. The van der Waals surface area contributed by atoms with Gasteiger partial charge in [0.25, 0.3) is 0 Å². The molecule has 1 N–H and O–H groups in total. The van der Waals surface area contributed by atoms with Crippen molar-refractivity contribution in [1.82, 2.24) is 9.97 Å². The molecule has 0 radical (unpaired) electrons. The van der Waals surface area contributed by atoms with Crippen LogP contribution in [0.2, 0.25) is 0 Å². The van der Waals surface area contributed by atoms with E-state index in [2.05, 4.69) is 29.1 Å². The Hall–Kier alpha value is -1.12. The normalized spacial score (nSPS) is 10.6. The molecule has 0 fully saturated rings. The number of nitrogens with one attached hydrogen (secondary N) is 1. The highest BCUT2D eigenvalue weighted by Gasteiger charge is 2.03. The van der Waals surface area contributed by atoms with Crippen LogP contribution < -0.4 is 5.32 Å². The summed E-state index contributed by atoms with van der Waals surface area (Å²) in [5.74, 6) is 2.49. The maximum absolute atomic E-state index is 4.29. The SMILES string of the molecule is CCC(CC)CNc1ccnc(C)n1. The van der Waals surface area contributed by atoms with Gasteiger partial charge in [0.15, 0.2) is 0 Å². The fourth-order valence-electron chi connectivity index (χ4n) is 1.38. The molecule has 1 heterocycles. The van der Waals surface area contributed by atoms with E-state index in [0.29, 0.717) is 0 Å². The quantitative estimate of drug-likeness (QED) is 0.781. The Balaban J connectivity index is 2.44. The zero-order valence-electron chi connectivity index (χ0n) is 9.25. The zero-order valence-corrected chi connectivity index (χ0v) is 9.25.